The number of sulfone groups is 1. The van der Waals surface area contributed by atoms with E-state index in [-0.39, 0.29) is 22.4 Å². The summed E-state index contributed by atoms with van der Waals surface area (Å²) in [6.45, 7) is 6.31. The molecule has 1 amide bonds. The maximum Gasteiger partial charge on any atom is 0.256 e. The summed E-state index contributed by atoms with van der Waals surface area (Å²) in [4.78, 5) is 27.2. The lowest BCUT2D eigenvalue weighted by atomic mass is 10.0. The summed E-state index contributed by atoms with van der Waals surface area (Å²) in [5.74, 6) is 0.947. The Kier molecular flexibility index (Phi) is 4.74. The van der Waals surface area contributed by atoms with E-state index >= 15 is 0 Å². The van der Waals surface area contributed by atoms with Crippen molar-refractivity contribution < 1.29 is 13.2 Å². The van der Waals surface area contributed by atoms with Crippen molar-refractivity contribution in [2.75, 3.05) is 6.26 Å². The average molecular weight is 450 g/mol. The van der Waals surface area contributed by atoms with Gasteiger partial charge in [0.1, 0.15) is 5.69 Å². The van der Waals surface area contributed by atoms with Crippen LogP contribution in [0.15, 0.2) is 29.3 Å². The van der Waals surface area contributed by atoms with Crippen LogP contribution in [0, 0.1) is 25.8 Å². The van der Waals surface area contributed by atoms with Gasteiger partial charge in [0.2, 0.25) is 0 Å². The van der Waals surface area contributed by atoms with Crippen molar-refractivity contribution in [3.63, 3.8) is 0 Å². The van der Waals surface area contributed by atoms with Gasteiger partial charge in [-0.15, -0.1) is 0 Å². The molecule has 1 aromatic carbocycles. The number of imidazole rings is 1. The maximum atomic E-state index is 13.2. The molecule has 0 spiro atoms. The van der Waals surface area contributed by atoms with Crippen LogP contribution in [0.25, 0.3) is 22.6 Å². The molecule has 0 unspecified atom stereocenters. The van der Waals surface area contributed by atoms with Crippen molar-refractivity contribution >= 4 is 15.7 Å². The minimum absolute atomic E-state index is 0.0693. The lowest BCUT2D eigenvalue weighted by Crippen LogP contribution is -2.35. The Morgan fingerprint density at radius 2 is 2.00 bits per heavy atom. The number of pyridine rings is 1. The normalized spacial score (nSPS) is 17.0. The lowest BCUT2D eigenvalue weighted by molar-refractivity contribution is 0.0694. The molecule has 1 N–H and O–H groups in total. The molecular formula is C24H25N4O3S. The number of nitrogens with zero attached hydrogens (tertiary/aromatic N) is 3. The van der Waals surface area contributed by atoms with E-state index in [4.69, 9.17) is 0 Å². The zero-order chi connectivity index (χ0) is 22.8. The molecule has 1 radical (unpaired) electrons. The zero-order valence-corrected chi connectivity index (χ0v) is 19.4. The average Bonchev–Trinajstić information content (AvgIpc) is 3.48. The molecule has 2 aliphatic rings. The third-order valence-corrected chi connectivity index (χ3v) is 7.67. The SMILES string of the molecule is Cc1nc(-c2cc(-c3[c]c4c(c(S(C)(=O)=O)c3)C(=O)N([C@@H](C)C3CC3)C4)ccn2)[nH]c1C. The number of H-pyrrole nitrogens is 1. The largest absolute Gasteiger partial charge is 0.341 e. The van der Waals surface area contributed by atoms with Gasteiger partial charge in [-0.25, -0.2) is 13.4 Å². The first-order valence-corrected chi connectivity index (χ1v) is 12.6. The minimum atomic E-state index is -3.61. The van der Waals surface area contributed by atoms with Gasteiger partial charge in [-0.2, -0.15) is 0 Å². The van der Waals surface area contributed by atoms with Crippen molar-refractivity contribution in [2.24, 2.45) is 5.92 Å². The molecule has 0 bridgehead atoms. The Morgan fingerprint density at radius 3 is 2.62 bits per heavy atom. The lowest BCUT2D eigenvalue weighted by Gasteiger charge is -2.24. The predicted octanol–water partition coefficient (Wildman–Crippen LogP) is 3.71. The van der Waals surface area contributed by atoms with Crippen LogP contribution in [-0.4, -0.2) is 46.5 Å². The van der Waals surface area contributed by atoms with E-state index in [0.29, 0.717) is 35.1 Å². The molecule has 3 heterocycles. The number of carbonyl (C=O) groups is 1. The first-order chi connectivity index (χ1) is 15.1. The fourth-order valence-corrected chi connectivity index (χ4v) is 5.27. The van der Waals surface area contributed by atoms with Gasteiger partial charge >= 0.3 is 0 Å². The van der Waals surface area contributed by atoms with Crippen molar-refractivity contribution in [2.45, 2.75) is 51.1 Å². The van der Waals surface area contributed by atoms with Crippen molar-refractivity contribution in [1.29, 1.82) is 0 Å². The highest BCUT2D eigenvalue weighted by atomic mass is 32.2. The van der Waals surface area contributed by atoms with Gasteiger partial charge in [0.05, 0.1) is 16.2 Å². The third-order valence-electron chi connectivity index (χ3n) is 6.55. The summed E-state index contributed by atoms with van der Waals surface area (Å²) in [7, 11) is -3.61. The Morgan fingerprint density at radius 1 is 1.25 bits per heavy atom. The quantitative estimate of drug-likeness (QED) is 0.641. The van der Waals surface area contributed by atoms with Gasteiger partial charge < -0.3 is 9.88 Å². The van der Waals surface area contributed by atoms with Gasteiger partial charge in [-0.3, -0.25) is 9.78 Å². The predicted molar refractivity (Wildman–Crippen MR) is 121 cm³/mol. The van der Waals surface area contributed by atoms with Crippen molar-refractivity contribution in [1.82, 2.24) is 19.9 Å². The Bertz CT molecular complexity index is 1340. The monoisotopic (exact) mass is 449 g/mol. The topological polar surface area (TPSA) is 96.0 Å². The Labute approximate surface area is 187 Å². The standard InChI is InChI=1S/C24H25N4O3S/c1-13-14(2)27-23(26-13)20-10-17(7-8-25-20)18-9-19-12-28(15(3)16-5-6-16)24(29)22(19)21(11-18)32(4,30)31/h7-8,10-11,15-16H,5-6,12H2,1-4H3,(H,26,27)/t15-/m0/s1. The fourth-order valence-electron chi connectivity index (χ4n) is 4.36. The molecule has 0 saturated heterocycles. The number of aromatic amines is 1. The van der Waals surface area contributed by atoms with Crippen LogP contribution < -0.4 is 0 Å². The van der Waals surface area contributed by atoms with Gasteiger partial charge in [-0.1, -0.05) is 0 Å². The molecule has 2 aromatic heterocycles. The third kappa shape index (κ3) is 3.52. The van der Waals surface area contributed by atoms with E-state index in [1.807, 2.05) is 32.9 Å². The van der Waals surface area contributed by atoms with Crippen LogP contribution >= 0.6 is 0 Å². The van der Waals surface area contributed by atoms with E-state index in [0.717, 1.165) is 36.0 Å². The summed E-state index contributed by atoms with van der Waals surface area (Å²) >= 11 is 0. The summed E-state index contributed by atoms with van der Waals surface area (Å²) in [5, 5.41) is 0. The fraction of sp³-hybridized carbons (Fsp3) is 0.375. The highest BCUT2D eigenvalue weighted by Crippen LogP contribution is 2.40. The van der Waals surface area contributed by atoms with Gasteiger partial charge in [0.25, 0.3) is 5.91 Å². The van der Waals surface area contributed by atoms with E-state index in [2.05, 4.69) is 21.0 Å². The molecule has 32 heavy (non-hydrogen) atoms. The van der Waals surface area contributed by atoms with E-state index < -0.39 is 9.84 Å². The van der Waals surface area contributed by atoms with Crippen LogP contribution in [0.3, 0.4) is 0 Å². The van der Waals surface area contributed by atoms with Crippen molar-refractivity contribution in [3.8, 4) is 22.6 Å². The summed E-state index contributed by atoms with van der Waals surface area (Å²) in [6.07, 6.45) is 5.05. The molecule has 165 valence electrons. The molecule has 8 heteroatoms. The summed E-state index contributed by atoms with van der Waals surface area (Å²) < 4.78 is 25.3. The van der Waals surface area contributed by atoms with Gasteiger partial charge in [0, 0.05) is 30.7 Å². The number of rotatable bonds is 5. The molecular weight excluding hydrogens is 424 g/mol. The number of aryl methyl sites for hydroxylation is 2. The van der Waals surface area contributed by atoms with Crippen LogP contribution in [0.1, 0.15) is 47.1 Å². The molecule has 1 aliphatic heterocycles. The molecule has 1 aliphatic carbocycles. The number of nitrogens with one attached hydrogen (secondary N) is 1. The smallest absolute Gasteiger partial charge is 0.256 e. The Hall–Kier alpha value is -3.00. The van der Waals surface area contributed by atoms with Crippen LogP contribution in [0.4, 0.5) is 0 Å². The number of fused-ring (bicyclic) bond motifs is 1. The van der Waals surface area contributed by atoms with Crippen LogP contribution in [0.2, 0.25) is 0 Å². The van der Waals surface area contributed by atoms with Crippen LogP contribution in [0.5, 0.6) is 0 Å². The maximum absolute atomic E-state index is 13.2. The number of hydrogen-bond acceptors (Lipinski definition) is 5. The van der Waals surface area contributed by atoms with Gasteiger partial charge in [0.15, 0.2) is 15.7 Å². The zero-order valence-electron chi connectivity index (χ0n) is 18.6. The van der Waals surface area contributed by atoms with Crippen LogP contribution in [-0.2, 0) is 16.4 Å². The van der Waals surface area contributed by atoms with Crippen molar-refractivity contribution in [3.05, 3.63) is 53.0 Å². The molecule has 3 aromatic rings. The minimum Gasteiger partial charge on any atom is -0.341 e. The number of benzene rings is 1. The molecule has 1 fully saturated rings. The first kappa shape index (κ1) is 20.9. The second-order valence-electron chi connectivity index (χ2n) is 8.91. The van der Waals surface area contributed by atoms with E-state index in [1.54, 1.807) is 17.2 Å². The number of amides is 1. The second kappa shape index (κ2) is 7.27. The number of aromatic nitrogens is 3. The molecule has 7 nitrogen and oxygen atoms in total. The highest BCUT2D eigenvalue weighted by Gasteiger charge is 2.41. The second-order valence-corrected chi connectivity index (χ2v) is 10.9. The summed E-state index contributed by atoms with van der Waals surface area (Å²) in [5.41, 5.74) is 4.85. The molecule has 5 rings (SSSR count). The first-order valence-electron chi connectivity index (χ1n) is 10.7. The Balaban J connectivity index is 1.61. The summed E-state index contributed by atoms with van der Waals surface area (Å²) in [6, 6.07) is 8.68. The number of carbonyl (C=O) groups excluding carboxylic acids is 1. The number of hydrogen-bond donors (Lipinski definition) is 1. The molecule has 1 saturated carbocycles. The molecule has 1 atom stereocenters. The van der Waals surface area contributed by atoms with Gasteiger partial charge in [-0.05, 0) is 80.5 Å². The highest BCUT2D eigenvalue weighted by molar-refractivity contribution is 7.90. The van der Waals surface area contributed by atoms with E-state index in [9.17, 15) is 13.2 Å². The van der Waals surface area contributed by atoms with E-state index in [1.165, 1.54) is 0 Å².